The second-order valence-corrected chi connectivity index (χ2v) is 5.16. The van der Waals surface area contributed by atoms with Gasteiger partial charge in [0.1, 0.15) is 6.67 Å². The summed E-state index contributed by atoms with van der Waals surface area (Å²) < 4.78 is 13.4. The van der Waals surface area contributed by atoms with E-state index in [9.17, 15) is 4.39 Å². The van der Waals surface area contributed by atoms with Gasteiger partial charge in [0.05, 0.1) is 0 Å². The fourth-order valence-electron chi connectivity index (χ4n) is 2.26. The monoisotopic (exact) mass is 271 g/mol. The fourth-order valence-corrected chi connectivity index (χ4v) is 2.74. The Morgan fingerprint density at radius 3 is 2.53 bits per heavy atom. The van der Waals surface area contributed by atoms with E-state index < -0.39 is 6.67 Å². The molecule has 1 aliphatic rings. The van der Waals surface area contributed by atoms with E-state index in [0.29, 0.717) is 5.56 Å². The van der Waals surface area contributed by atoms with Crippen molar-refractivity contribution in [2.45, 2.75) is 37.9 Å². The first-order valence-corrected chi connectivity index (χ1v) is 6.09. The molecule has 0 spiro atoms. The minimum Gasteiger partial charge on any atom is -0.321 e. The first kappa shape index (κ1) is 11.1. The molecule has 15 heavy (non-hydrogen) atoms. The van der Waals surface area contributed by atoms with Crippen LogP contribution in [0.4, 0.5) is 4.39 Å². The van der Waals surface area contributed by atoms with E-state index in [-0.39, 0.29) is 5.54 Å². The molecular weight excluding hydrogens is 257 g/mol. The van der Waals surface area contributed by atoms with Crippen LogP contribution in [0.25, 0.3) is 0 Å². The molecule has 0 bridgehead atoms. The molecule has 1 nitrogen and oxygen atoms in total. The zero-order valence-electron chi connectivity index (χ0n) is 8.60. The summed E-state index contributed by atoms with van der Waals surface area (Å²) in [5, 5.41) is 0. The van der Waals surface area contributed by atoms with E-state index in [4.69, 9.17) is 5.73 Å². The van der Waals surface area contributed by atoms with Crippen molar-refractivity contribution in [3.8, 4) is 0 Å². The Labute approximate surface area is 98.0 Å². The van der Waals surface area contributed by atoms with Crippen LogP contribution in [0.1, 0.15) is 36.8 Å². The third-order valence-electron chi connectivity index (χ3n) is 3.27. The van der Waals surface area contributed by atoms with Gasteiger partial charge in [-0.3, -0.25) is 0 Å². The average molecular weight is 272 g/mol. The van der Waals surface area contributed by atoms with Crippen LogP contribution in [0.15, 0.2) is 22.7 Å². The molecule has 1 aromatic carbocycles. The van der Waals surface area contributed by atoms with Crippen molar-refractivity contribution in [2.75, 3.05) is 0 Å². The summed E-state index contributed by atoms with van der Waals surface area (Å²) in [6.07, 6.45) is 4.46. The smallest absolute Gasteiger partial charge is 0.116 e. The molecule has 0 aliphatic heterocycles. The SMILES string of the molecule is NC1(c2ccc(CF)c(Br)c2)CCCC1. The minimum atomic E-state index is -0.432. The molecule has 0 atom stereocenters. The molecule has 1 fully saturated rings. The Balaban J connectivity index is 2.33. The Hall–Kier alpha value is -0.410. The van der Waals surface area contributed by atoms with Gasteiger partial charge in [0.15, 0.2) is 0 Å². The molecule has 0 amide bonds. The number of benzene rings is 1. The van der Waals surface area contributed by atoms with Gasteiger partial charge in [0.25, 0.3) is 0 Å². The summed E-state index contributed by atoms with van der Waals surface area (Å²) in [5.41, 5.74) is 7.97. The average Bonchev–Trinajstić information content (AvgIpc) is 2.66. The van der Waals surface area contributed by atoms with Gasteiger partial charge in [-0.1, -0.05) is 40.9 Å². The maximum absolute atomic E-state index is 12.5. The van der Waals surface area contributed by atoms with Gasteiger partial charge in [-0.15, -0.1) is 0 Å². The van der Waals surface area contributed by atoms with E-state index in [1.807, 2.05) is 18.2 Å². The summed E-state index contributed by atoms with van der Waals surface area (Å²) in [7, 11) is 0. The van der Waals surface area contributed by atoms with Gasteiger partial charge in [-0.05, 0) is 30.0 Å². The zero-order valence-corrected chi connectivity index (χ0v) is 10.2. The van der Waals surface area contributed by atoms with Gasteiger partial charge in [0, 0.05) is 10.0 Å². The topological polar surface area (TPSA) is 26.0 Å². The molecule has 2 N–H and O–H groups in total. The molecule has 0 unspecified atom stereocenters. The highest BCUT2D eigenvalue weighted by Crippen LogP contribution is 2.37. The lowest BCUT2D eigenvalue weighted by Crippen LogP contribution is -2.33. The molecule has 1 saturated carbocycles. The largest absolute Gasteiger partial charge is 0.321 e. The van der Waals surface area contributed by atoms with Gasteiger partial charge in [-0.2, -0.15) is 0 Å². The summed E-state index contributed by atoms with van der Waals surface area (Å²) in [6.45, 7) is -0.432. The first-order chi connectivity index (χ1) is 7.15. The van der Waals surface area contributed by atoms with E-state index in [1.165, 1.54) is 12.8 Å². The van der Waals surface area contributed by atoms with Gasteiger partial charge >= 0.3 is 0 Å². The first-order valence-electron chi connectivity index (χ1n) is 5.29. The summed E-state index contributed by atoms with van der Waals surface area (Å²) >= 11 is 3.38. The van der Waals surface area contributed by atoms with Gasteiger partial charge in [0.2, 0.25) is 0 Å². The fraction of sp³-hybridized carbons (Fsp3) is 0.500. The molecule has 2 rings (SSSR count). The molecule has 0 heterocycles. The minimum absolute atomic E-state index is 0.183. The lowest BCUT2D eigenvalue weighted by molar-refractivity contribution is 0.459. The summed E-state index contributed by atoms with van der Waals surface area (Å²) in [4.78, 5) is 0. The molecule has 1 aliphatic carbocycles. The van der Waals surface area contributed by atoms with E-state index >= 15 is 0 Å². The highest BCUT2D eigenvalue weighted by atomic mass is 79.9. The van der Waals surface area contributed by atoms with Gasteiger partial charge in [-0.25, -0.2) is 4.39 Å². The van der Waals surface area contributed by atoms with Gasteiger partial charge < -0.3 is 5.73 Å². The van der Waals surface area contributed by atoms with E-state index in [1.54, 1.807) is 0 Å². The molecule has 0 saturated heterocycles. The Kier molecular flexibility index (Phi) is 3.12. The number of hydrogen-bond donors (Lipinski definition) is 1. The normalized spacial score (nSPS) is 19.4. The second-order valence-electron chi connectivity index (χ2n) is 4.30. The standard InChI is InChI=1S/C12H15BrFN/c13-11-7-10(4-3-9(11)8-14)12(15)5-1-2-6-12/h3-4,7H,1-2,5-6,8,15H2. The molecule has 3 heteroatoms. The Morgan fingerprint density at radius 2 is 2.00 bits per heavy atom. The van der Waals surface area contributed by atoms with Crippen molar-refractivity contribution in [1.82, 2.24) is 0 Å². The predicted octanol–water partition coefficient (Wildman–Crippen LogP) is 3.65. The van der Waals surface area contributed by atoms with Crippen molar-refractivity contribution < 1.29 is 4.39 Å². The third kappa shape index (κ3) is 2.08. The molecule has 82 valence electrons. The zero-order chi connectivity index (χ0) is 10.9. The highest BCUT2D eigenvalue weighted by molar-refractivity contribution is 9.10. The van der Waals surface area contributed by atoms with Crippen molar-refractivity contribution in [2.24, 2.45) is 5.73 Å². The van der Waals surface area contributed by atoms with E-state index in [2.05, 4.69) is 15.9 Å². The third-order valence-corrected chi connectivity index (χ3v) is 4.01. The maximum atomic E-state index is 12.5. The predicted molar refractivity (Wildman–Crippen MR) is 63.3 cm³/mol. The highest BCUT2D eigenvalue weighted by Gasteiger charge is 2.31. The lowest BCUT2D eigenvalue weighted by atomic mass is 9.89. The van der Waals surface area contributed by atoms with Crippen LogP contribution in [0.5, 0.6) is 0 Å². The van der Waals surface area contributed by atoms with Crippen LogP contribution in [-0.4, -0.2) is 0 Å². The second kappa shape index (κ2) is 4.22. The lowest BCUT2D eigenvalue weighted by Gasteiger charge is -2.24. The number of halogens is 2. The van der Waals surface area contributed by atoms with Crippen LogP contribution in [-0.2, 0) is 12.2 Å². The summed E-state index contributed by atoms with van der Waals surface area (Å²) in [5.74, 6) is 0. The maximum Gasteiger partial charge on any atom is 0.116 e. The van der Waals surface area contributed by atoms with E-state index in [0.717, 1.165) is 22.9 Å². The van der Waals surface area contributed by atoms with Crippen LogP contribution in [0.3, 0.4) is 0 Å². The van der Waals surface area contributed by atoms with Crippen LogP contribution in [0, 0.1) is 0 Å². The van der Waals surface area contributed by atoms with Crippen LogP contribution in [0.2, 0.25) is 0 Å². The quantitative estimate of drug-likeness (QED) is 0.873. The van der Waals surface area contributed by atoms with Crippen molar-refractivity contribution in [1.29, 1.82) is 0 Å². The number of alkyl halides is 1. The molecule has 0 radical (unpaired) electrons. The number of hydrogen-bond acceptors (Lipinski definition) is 1. The van der Waals surface area contributed by atoms with Crippen molar-refractivity contribution in [3.05, 3.63) is 33.8 Å². The van der Waals surface area contributed by atoms with Crippen LogP contribution < -0.4 is 5.73 Å². The molecule has 1 aromatic rings. The number of rotatable bonds is 2. The van der Waals surface area contributed by atoms with Crippen LogP contribution >= 0.6 is 15.9 Å². The summed E-state index contributed by atoms with van der Waals surface area (Å²) in [6, 6.07) is 5.76. The number of nitrogens with two attached hydrogens (primary N) is 1. The van der Waals surface area contributed by atoms with Crippen molar-refractivity contribution in [3.63, 3.8) is 0 Å². The Bertz CT molecular complexity index is 359. The Morgan fingerprint density at radius 1 is 1.33 bits per heavy atom. The molecule has 0 aromatic heterocycles. The molecular formula is C12H15BrFN. The van der Waals surface area contributed by atoms with Crippen molar-refractivity contribution >= 4 is 15.9 Å².